The van der Waals surface area contributed by atoms with Gasteiger partial charge in [0.15, 0.2) is 0 Å². The Hall–Kier alpha value is -1.22. The molecule has 0 amide bonds. The molecule has 0 N–H and O–H groups in total. The SMILES string of the molecule is CN1C=CC=C(c2cnn(CC3CCCC3)c2)C1Cl. The number of rotatable bonds is 3. The van der Waals surface area contributed by atoms with Crippen LogP contribution in [0.4, 0.5) is 0 Å². The Kier molecular flexibility index (Phi) is 3.65. The summed E-state index contributed by atoms with van der Waals surface area (Å²) in [5, 5.41) is 4.49. The summed E-state index contributed by atoms with van der Waals surface area (Å²) in [5.41, 5.74) is 2.16. The molecule has 0 bridgehead atoms. The van der Waals surface area contributed by atoms with E-state index in [1.54, 1.807) is 0 Å². The first-order valence-electron chi connectivity index (χ1n) is 7.01. The maximum absolute atomic E-state index is 6.42. The molecule has 1 aliphatic carbocycles. The first kappa shape index (κ1) is 12.8. The second-order valence-corrected chi connectivity index (χ2v) is 5.98. The Morgan fingerprint density at radius 1 is 1.37 bits per heavy atom. The maximum atomic E-state index is 6.42. The van der Waals surface area contributed by atoms with Gasteiger partial charge in [-0.25, -0.2) is 0 Å². The first-order valence-corrected chi connectivity index (χ1v) is 7.45. The van der Waals surface area contributed by atoms with Gasteiger partial charge in [0.1, 0.15) is 5.50 Å². The molecule has 1 unspecified atom stereocenters. The molecule has 0 aromatic carbocycles. The summed E-state index contributed by atoms with van der Waals surface area (Å²) in [5.74, 6) is 0.808. The lowest BCUT2D eigenvalue weighted by Gasteiger charge is -2.25. The summed E-state index contributed by atoms with van der Waals surface area (Å²) in [6, 6.07) is 0. The normalized spacial score (nSPS) is 24.0. The molecule has 3 rings (SSSR count). The first-order chi connectivity index (χ1) is 9.24. The molecule has 1 aliphatic heterocycles. The molecule has 1 aromatic rings. The highest BCUT2D eigenvalue weighted by Gasteiger charge is 2.20. The van der Waals surface area contributed by atoms with E-state index in [4.69, 9.17) is 11.6 Å². The van der Waals surface area contributed by atoms with E-state index in [0.29, 0.717) is 0 Å². The topological polar surface area (TPSA) is 21.1 Å². The van der Waals surface area contributed by atoms with Gasteiger partial charge in [-0.3, -0.25) is 4.68 Å². The summed E-state index contributed by atoms with van der Waals surface area (Å²) in [7, 11) is 1.99. The van der Waals surface area contributed by atoms with Gasteiger partial charge in [0.05, 0.1) is 6.20 Å². The van der Waals surface area contributed by atoms with E-state index in [9.17, 15) is 0 Å². The number of allylic oxidation sites excluding steroid dienone is 2. The van der Waals surface area contributed by atoms with Crippen molar-refractivity contribution in [2.24, 2.45) is 5.92 Å². The maximum Gasteiger partial charge on any atom is 0.129 e. The van der Waals surface area contributed by atoms with E-state index < -0.39 is 0 Å². The van der Waals surface area contributed by atoms with Crippen molar-refractivity contribution < 1.29 is 0 Å². The molecule has 102 valence electrons. The number of halogens is 1. The van der Waals surface area contributed by atoms with E-state index in [-0.39, 0.29) is 5.50 Å². The number of aromatic nitrogens is 2. The van der Waals surface area contributed by atoms with Crippen LogP contribution in [0.3, 0.4) is 0 Å². The molecule has 3 nitrogen and oxygen atoms in total. The van der Waals surface area contributed by atoms with Gasteiger partial charge in [-0.2, -0.15) is 5.10 Å². The number of hydrogen-bond donors (Lipinski definition) is 0. The van der Waals surface area contributed by atoms with Crippen LogP contribution in [-0.4, -0.2) is 27.2 Å². The zero-order valence-corrected chi connectivity index (χ0v) is 12.1. The van der Waals surface area contributed by atoms with Crippen LogP contribution in [0.25, 0.3) is 5.57 Å². The Balaban J connectivity index is 1.73. The van der Waals surface area contributed by atoms with Gasteiger partial charge in [0.2, 0.25) is 0 Å². The molecule has 2 aliphatic rings. The van der Waals surface area contributed by atoms with E-state index in [1.165, 1.54) is 25.7 Å². The summed E-state index contributed by atoms with van der Waals surface area (Å²) >= 11 is 6.42. The van der Waals surface area contributed by atoms with E-state index in [1.807, 2.05) is 30.4 Å². The van der Waals surface area contributed by atoms with Gasteiger partial charge in [-0.15, -0.1) is 0 Å². The van der Waals surface area contributed by atoms with Crippen molar-refractivity contribution in [3.05, 3.63) is 36.3 Å². The zero-order valence-electron chi connectivity index (χ0n) is 11.3. The second kappa shape index (κ2) is 5.41. The minimum Gasteiger partial charge on any atom is -0.361 e. The van der Waals surface area contributed by atoms with Crippen LogP contribution in [0.1, 0.15) is 31.2 Å². The highest BCUT2D eigenvalue weighted by atomic mass is 35.5. The molecule has 2 heterocycles. The standard InChI is InChI=1S/C15H20ClN3/c1-18-8-4-7-14(15(18)16)13-9-17-19(11-13)10-12-5-2-3-6-12/h4,7-9,11-12,15H,2-3,5-6,10H2,1H3. The molecule has 1 saturated carbocycles. The highest BCUT2D eigenvalue weighted by molar-refractivity contribution is 6.26. The molecule has 0 spiro atoms. The van der Waals surface area contributed by atoms with Gasteiger partial charge >= 0.3 is 0 Å². The molecule has 19 heavy (non-hydrogen) atoms. The number of hydrogen-bond acceptors (Lipinski definition) is 2. The minimum atomic E-state index is -0.103. The Bertz CT molecular complexity index is 497. The molecule has 1 fully saturated rings. The van der Waals surface area contributed by atoms with Gasteiger partial charge in [0, 0.05) is 31.6 Å². The molecule has 1 atom stereocenters. The lowest BCUT2D eigenvalue weighted by atomic mass is 10.1. The lowest BCUT2D eigenvalue weighted by Crippen LogP contribution is -2.24. The smallest absolute Gasteiger partial charge is 0.129 e. The third kappa shape index (κ3) is 2.71. The number of likely N-dealkylation sites (N-methyl/N-ethyl adjacent to an activating group) is 1. The molecular formula is C15H20ClN3. The monoisotopic (exact) mass is 277 g/mol. The van der Waals surface area contributed by atoms with Gasteiger partial charge < -0.3 is 4.90 Å². The third-order valence-corrected chi connectivity index (χ3v) is 4.64. The molecule has 0 saturated heterocycles. The fourth-order valence-electron chi connectivity index (χ4n) is 2.96. The third-order valence-electron chi connectivity index (χ3n) is 4.10. The van der Waals surface area contributed by atoms with Gasteiger partial charge in [0.25, 0.3) is 0 Å². The van der Waals surface area contributed by atoms with Crippen molar-refractivity contribution in [3.8, 4) is 0 Å². The van der Waals surface area contributed by atoms with E-state index >= 15 is 0 Å². The molecule has 1 aromatic heterocycles. The largest absolute Gasteiger partial charge is 0.361 e. The quantitative estimate of drug-likeness (QED) is 0.623. The summed E-state index contributed by atoms with van der Waals surface area (Å²) < 4.78 is 2.08. The van der Waals surface area contributed by atoms with Crippen molar-refractivity contribution in [2.75, 3.05) is 7.05 Å². The van der Waals surface area contributed by atoms with Crippen LogP contribution in [-0.2, 0) is 6.54 Å². The number of nitrogens with zero attached hydrogens (tertiary/aromatic N) is 3. The average molecular weight is 278 g/mol. The lowest BCUT2D eigenvalue weighted by molar-refractivity contribution is 0.429. The summed E-state index contributed by atoms with van der Waals surface area (Å²) in [6.45, 7) is 1.05. The van der Waals surface area contributed by atoms with Crippen molar-refractivity contribution in [1.82, 2.24) is 14.7 Å². The fourth-order valence-corrected chi connectivity index (χ4v) is 3.22. The Morgan fingerprint density at radius 2 is 2.16 bits per heavy atom. The highest BCUT2D eigenvalue weighted by Crippen LogP contribution is 2.29. The van der Waals surface area contributed by atoms with Crippen LogP contribution in [0, 0.1) is 5.92 Å². The molecule has 4 heteroatoms. The summed E-state index contributed by atoms with van der Waals surface area (Å²) in [4.78, 5) is 2.01. The zero-order chi connectivity index (χ0) is 13.2. The van der Waals surface area contributed by atoms with Crippen molar-refractivity contribution in [3.63, 3.8) is 0 Å². The van der Waals surface area contributed by atoms with Gasteiger partial charge in [-0.1, -0.05) is 30.5 Å². The van der Waals surface area contributed by atoms with Crippen molar-refractivity contribution >= 4 is 17.2 Å². The second-order valence-electron chi connectivity index (χ2n) is 5.57. The van der Waals surface area contributed by atoms with E-state index in [2.05, 4.69) is 22.1 Å². The van der Waals surface area contributed by atoms with Crippen LogP contribution in [0.15, 0.2) is 30.7 Å². The summed E-state index contributed by atoms with van der Waals surface area (Å²) in [6.07, 6.45) is 15.6. The Labute approximate surface area is 119 Å². The minimum absolute atomic E-state index is 0.103. The molecular weight excluding hydrogens is 258 g/mol. The van der Waals surface area contributed by atoms with Crippen LogP contribution in [0.5, 0.6) is 0 Å². The number of alkyl halides is 1. The average Bonchev–Trinajstić information content (AvgIpc) is 3.05. The fraction of sp³-hybridized carbons (Fsp3) is 0.533. The van der Waals surface area contributed by atoms with Crippen LogP contribution < -0.4 is 0 Å². The van der Waals surface area contributed by atoms with Gasteiger partial charge in [-0.05, 0) is 30.4 Å². The predicted molar refractivity (Wildman–Crippen MR) is 78.7 cm³/mol. The van der Waals surface area contributed by atoms with Crippen LogP contribution >= 0.6 is 11.6 Å². The van der Waals surface area contributed by atoms with Crippen molar-refractivity contribution in [2.45, 2.75) is 37.7 Å². The Morgan fingerprint density at radius 3 is 2.95 bits per heavy atom. The predicted octanol–water partition coefficient (Wildman–Crippen LogP) is 3.48. The van der Waals surface area contributed by atoms with Crippen LogP contribution in [0.2, 0.25) is 0 Å². The molecule has 0 radical (unpaired) electrons. The van der Waals surface area contributed by atoms with E-state index in [0.717, 1.165) is 23.6 Å². The van der Waals surface area contributed by atoms with Crippen molar-refractivity contribution in [1.29, 1.82) is 0 Å².